The molecular weight excluding hydrogens is 546 g/mol. The molecule has 1 saturated heterocycles. The number of nitrogens with zero attached hydrogens (tertiary/aromatic N) is 2. The molecule has 0 bridgehead atoms. The molecule has 1 aliphatic rings. The number of hydrogen-bond acceptors (Lipinski definition) is 11. The summed E-state index contributed by atoms with van der Waals surface area (Å²) in [6, 6.07) is -1.55. The summed E-state index contributed by atoms with van der Waals surface area (Å²) in [5.74, 6) is -3.79. The number of methoxy groups -OCH3 is 1. The molecule has 37 heavy (non-hydrogen) atoms. The molecule has 16 heteroatoms. The predicted molar refractivity (Wildman–Crippen MR) is 138 cm³/mol. The van der Waals surface area contributed by atoms with Crippen LogP contribution in [-0.2, 0) is 38.3 Å². The van der Waals surface area contributed by atoms with Gasteiger partial charge in [-0.05, 0) is 19.9 Å². The summed E-state index contributed by atoms with van der Waals surface area (Å²) in [6.07, 6.45) is 0. The van der Waals surface area contributed by atoms with Crippen molar-refractivity contribution in [2.24, 2.45) is 5.16 Å². The number of aromatic nitrogens is 1. The molecule has 0 radical (unpaired) electrons. The number of rotatable bonds is 12. The number of oxime groups is 1. The molecule has 1 aromatic heterocycles. The molecule has 0 aliphatic carbocycles. The van der Waals surface area contributed by atoms with Crippen LogP contribution < -0.4 is 16.0 Å². The van der Waals surface area contributed by atoms with E-state index in [9.17, 15) is 24.0 Å². The second kappa shape index (κ2) is 12.5. The number of alkyl halides is 1. The van der Waals surface area contributed by atoms with Crippen molar-refractivity contribution in [3.8, 4) is 0 Å². The number of thiazole rings is 1. The molecule has 2 rings (SSSR count). The topological polar surface area (TPSA) is 174 Å². The van der Waals surface area contributed by atoms with Crippen molar-refractivity contribution in [3.63, 3.8) is 0 Å². The van der Waals surface area contributed by atoms with Gasteiger partial charge >= 0.3 is 11.9 Å². The summed E-state index contributed by atoms with van der Waals surface area (Å²) in [4.78, 5) is 70.6. The molecule has 0 saturated carbocycles. The van der Waals surface area contributed by atoms with Gasteiger partial charge in [-0.15, -0.1) is 22.9 Å². The van der Waals surface area contributed by atoms with E-state index in [1.807, 2.05) is 0 Å². The predicted octanol–water partition coefficient (Wildman–Crippen LogP) is 0.857. The van der Waals surface area contributed by atoms with Crippen molar-refractivity contribution < 1.29 is 38.3 Å². The van der Waals surface area contributed by atoms with Crippen LogP contribution in [-0.4, -0.2) is 85.7 Å². The molecule has 0 unspecified atom stereocenters. The highest BCUT2D eigenvalue weighted by Crippen LogP contribution is 2.19. The Hall–Kier alpha value is -3.04. The molecule has 13 nitrogen and oxygen atoms in total. The molecule has 0 aromatic carbocycles. The van der Waals surface area contributed by atoms with Crippen molar-refractivity contribution in [3.05, 3.63) is 11.1 Å². The Bertz CT molecular complexity index is 1090. The zero-order valence-electron chi connectivity index (χ0n) is 21.3. The van der Waals surface area contributed by atoms with Gasteiger partial charge in [0.1, 0.15) is 17.6 Å². The Kier molecular flexibility index (Phi) is 10.2. The number of esters is 2. The van der Waals surface area contributed by atoms with E-state index in [-0.39, 0.29) is 23.3 Å². The number of carbonyl (C=O) groups excluding carboxylic acids is 5. The third-order valence-electron chi connectivity index (χ3n) is 4.93. The first-order valence-electron chi connectivity index (χ1n) is 11.1. The molecule has 3 amide bonds. The van der Waals surface area contributed by atoms with E-state index in [1.54, 1.807) is 0 Å². The zero-order chi connectivity index (χ0) is 28.0. The van der Waals surface area contributed by atoms with Crippen molar-refractivity contribution in [2.45, 2.75) is 57.2 Å². The van der Waals surface area contributed by atoms with Gasteiger partial charge in [0, 0.05) is 13.5 Å². The van der Waals surface area contributed by atoms with E-state index in [0.29, 0.717) is 0 Å². The normalized spacial score (nSPS) is 17.7. The molecule has 0 spiro atoms. The zero-order valence-corrected chi connectivity index (χ0v) is 23.9. The number of nitrogens with one attached hydrogen (secondary N) is 3. The Morgan fingerprint density at radius 3 is 2.51 bits per heavy atom. The van der Waals surface area contributed by atoms with Gasteiger partial charge in [-0.3, -0.25) is 14.4 Å². The molecule has 3 N–H and O–H groups in total. The second-order valence-corrected chi connectivity index (χ2v) is 16.4. The molecule has 1 aromatic rings. The highest BCUT2D eigenvalue weighted by molar-refractivity contribution is 7.14. The van der Waals surface area contributed by atoms with Crippen LogP contribution in [0.1, 0.15) is 19.5 Å². The number of halogens is 1. The maximum atomic E-state index is 13.1. The van der Waals surface area contributed by atoms with Crippen LogP contribution in [0.2, 0.25) is 25.7 Å². The third kappa shape index (κ3) is 8.50. The summed E-state index contributed by atoms with van der Waals surface area (Å²) in [5.41, 5.74) is -2.00. The number of carbonyl (C=O) groups is 5. The summed E-state index contributed by atoms with van der Waals surface area (Å²) >= 11 is 6.48. The summed E-state index contributed by atoms with van der Waals surface area (Å²) < 4.78 is 9.93. The average Bonchev–Trinajstić information content (AvgIpc) is 3.27. The van der Waals surface area contributed by atoms with Gasteiger partial charge in [0.2, 0.25) is 17.4 Å². The van der Waals surface area contributed by atoms with Crippen LogP contribution in [0.5, 0.6) is 0 Å². The molecule has 2 atom stereocenters. The second-order valence-electron chi connectivity index (χ2n) is 9.67. The fraction of sp³-hybridized carbons (Fsp3) is 0.571. The van der Waals surface area contributed by atoms with E-state index in [1.165, 1.54) is 19.2 Å². The standard InChI is InChI=1S/C21H30ClN5O8SSi/c1-21(2,19(32)34-7-8-37(4,5)6)35-27-13(11-10-36-20(23-11)24-12(28)9-22)16(29)25-14-15(18(31)33-3)26-17(14)30/h10,14-15H,7-9H2,1-6H3,(H,25,29)(H,26,30)(H,23,24,28)/b27-13+/t14-,15-/m1/s1. The SMILES string of the molecule is COC(=O)[C@@H]1NC(=O)[C@@H]1NC(=O)/C(=N/OC(C)(C)C(=O)OCC[Si](C)(C)C)c1csc(NC(=O)CCl)n1. The van der Waals surface area contributed by atoms with Gasteiger partial charge < -0.3 is 30.3 Å². The lowest BCUT2D eigenvalue weighted by Crippen LogP contribution is -2.72. The Morgan fingerprint density at radius 1 is 1.27 bits per heavy atom. The summed E-state index contributed by atoms with van der Waals surface area (Å²) in [6.45, 7) is 9.48. The molecule has 1 fully saturated rings. The van der Waals surface area contributed by atoms with Gasteiger partial charge in [-0.2, -0.15) is 0 Å². The van der Waals surface area contributed by atoms with E-state index >= 15 is 0 Å². The van der Waals surface area contributed by atoms with Gasteiger partial charge in [-0.25, -0.2) is 14.6 Å². The lowest BCUT2D eigenvalue weighted by molar-refractivity contribution is -0.167. The fourth-order valence-electron chi connectivity index (χ4n) is 2.68. The van der Waals surface area contributed by atoms with Crippen LogP contribution >= 0.6 is 22.9 Å². The largest absolute Gasteiger partial charge is 0.467 e. The summed E-state index contributed by atoms with van der Waals surface area (Å²) in [5, 5.41) is 12.5. The Balaban J connectivity index is 2.26. The summed E-state index contributed by atoms with van der Waals surface area (Å²) in [7, 11) is -0.294. The molecular formula is C21H30ClN5O8SSi. The van der Waals surface area contributed by atoms with Crippen molar-refractivity contribution in [1.29, 1.82) is 0 Å². The molecule has 204 valence electrons. The minimum atomic E-state index is -1.57. The fourth-order valence-corrected chi connectivity index (χ4v) is 4.17. The monoisotopic (exact) mass is 575 g/mol. The van der Waals surface area contributed by atoms with E-state index < -0.39 is 61.1 Å². The minimum absolute atomic E-state index is 0.0235. The lowest BCUT2D eigenvalue weighted by Gasteiger charge is -2.34. The van der Waals surface area contributed by atoms with Crippen LogP contribution in [0.25, 0.3) is 0 Å². The highest BCUT2D eigenvalue weighted by Gasteiger charge is 2.46. The third-order valence-corrected chi connectivity index (χ3v) is 7.63. The van der Waals surface area contributed by atoms with Crippen LogP contribution in [0.15, 0.2) is 10.5 Å². The first-order valence-corrected chi connectivity index (χ1v) is 16.2. The van der Waals surface area contributed by atoms with Crippen molar-refractivity contribution in [2.75, 3.05) is 24.9 Å². The first kappa shape index (κ1) is 30.2. The highest BCUT2D eigenvalue weighted by atomic mass is 35.5. The van der Waals surface area contributed by atoms with E-state index in [0.717, 1.165) is 24.5 Å². The Morgan fingerprint density at radius 2 is 1.95 bits per heavy atom. The number of β-lactam (4-membered cyclic amide) rings is 1. The number of amides is 3. The number of ether oxygens (including phenoxy) is 2. The number of hydrogen-bond donors (Lipinski definition) is 3. The van der Waals surface area contributed by atoms with Crippen LogP contribution in [0, 0.1) is 0 Å². The van der Waals surface area contributed by atoms with Gasteiger partial charge in [-0.1, -0.05) is 24.8 Å². The van der Waals surface area contributed by atoms with E-state index in [2.05, 4.69) is 50.5 Å². The molecule has 2 heterocycles. The Labute approximate surface area is 223 Å². The van der Waals surface area contributed by atoms with E-state index in [4.69, 9.17) is 21.2 Å². The maximum absolute atomic E-state index is 13.1. The van der Waals surface area contributed by atoms with Gasteiger partial charge in [0.15, 0.2) is 16.9 Å². The maximum Gasteiger partial charge on any atom is 0.352 e. The number of anilines is 1. The quantitative estimate of drug-likeness (QED) is 0.0815. The minimum Gasteiger partial charge on any atom is -0.467 e. The van der Waals surface area contributed by atoms with Crippen molar-refractivity contribution in [1.82, 2.24) is 15.6 Å². The van der Waals surface area contributed by atoms with Gasteiger partial charge in [0.25, 0.3) is 5.91 Å². The van der Waals surface area contributed by atoms with Crippen LogP contribution in [0.3, 0.4) is 0 Å². The first-order chi connectivity index (χ1) is 17.2. The van der Waals surface area contributed by atoms with Gasteiger partial charge in [0.05, 0.1) is 13.7 Å². The smallest absolute Gasteiger partial charge is 0.352 e. The van der Waals surface area contributed by atoms with Crippen LogP contribution in [0.4, 0.5) is 5.13 Å². The lowest BCUT2D eigenvalue weighted by atomic mass is 9.99. The van der Waals surface area contributed by atoms with Crippen molar-refractivity contribution >= 4 is 71.5 Å². The average molecular weight is 576 g/mol. The molecule has 1 aliphatic heterocycles.